The van der Waals surface area contributed by atoms with E-state index in [9.17, 15) is 22.8 Å². The molecule has 0 spiro atoms. The number of carbonyl (C=O) groups excluding carboxylic acids is 2. The predicted octanol–water partition coefficient (Wildman–Crippen LogP) is 2.86. The fourth-order valence-electron chi connectivity index (χ4n) is 1.79. The first-order chi connectivity index (χ1) is 10.3. The van der Waals surface area contributed by atoms with Gasteiger partial charge in [-0.3, -0.25) is 9.59 Å². The molecular formula is C14H17F3N2O2S. The summed E-state index contributed by atoms with van der Waals surface area (Å²) in [5.74, 6) is -0.664. The number of hydrogen-bond donors (Lipinski definition) is 1. The van der Waals surface area contributed by atoms with Crippen molar-refractivity contribution >= 4 is 29.3 Å². The molecule has 8 heteroatoms. The number of para-hydroxylation sites is 1. The number of nitrogens with zero attached hydrogens (tertiary/aromatic N) is 1. The van der Waals surface area contributed by atoms with Gasteiger partial charge in [-0.25, -0.2) is 0 Å². The number of hydrogen-bond acceptors (Lipinski definition) is 3. The van der Waals surface area contributed by atoms with Crippen molar-refractivity contribution in [3.63, 3.8) is 0 Å². The molecule has 4 nitrogen and oxygen atoms in total. The normalized spacial score (nSPS) is 11.1. The molecule has 1 aromatic carbocycles. The molecule has 0 unspecified atom stereocenters. The minimum Gasteiger partial charge on any atom is -0.333 e. The Morgan fingerprint density at radius 1 is 1.27 bits per heavy atom. The number of carbonyl (C=O) groups is 2. The zero-order valence-corrected chi connectivity index (χ0v) is 13.1. The lowest BCUT2D eigenvalue weighted by molar-refractivity contribution is -0.137. The van der Waals surface area contributed by atoms with E-state index in [1.54, 1.807) is 13.2 Å². The summed E-state index contributed by atoms with van der Waals surface area (Å²) in [6.07, 6.45) is -2.80. The van der Waals surface area contributed by atoms with Crippen LogP contribution < -0.4 is 5.32 Å². The van der Waals surface area contributed by atoms with Gasteiger partial charge in [0.1, 0.15) is 0 Å². The van der Waals surface area contributed by atoms with Crippen molar-refractivity contribution in [2.24, 2.45) is 0 Å². The van der Waals surface area contributed by atoms with Gasteiger partial charge in [0, 0.05) is 6.54 Å². The summed E-state index contributed by atoms with van der Waals surface area (Å²) >= 11 is 1.32. The van der Waals surface area contributed by atoms with Gasteiger partial charge in [0.25, 0.3) is 0 Å². The number of amides is 2. The first-order valence-electron chi connectivity index (χ1n) is 6.52. The Labute approximate surface area is 131 Å². The van der Waals surface area contributed by atoms with Gasteiger partial charge >= 0.3 is 6.18 Å². The van der Waals surface area contributed by atoms with E-state index in [1.807, 2.05) is 0 Å². The Hall–Kier alpha value is -1.70. The molecule has 22 heavy (non-hydrogen) atoms. The second-order valence-corrected chi connectivity index (χ2v) is 5.30. The SMILES string of the molecule is CCN(CC(=O)Nc1ccccc1C(F)(F)F)C(=O)CSC. The van der Waals surface area contributed by atoms with Crippen LogP contribution in [0.1, 0.15) is 12.5 Å². The molecular weight excluding hydrogens is 317 g/mol. The molecule has 0 fully saturated rings. The van der Waals surface area contributed by atoms with E-state index in [2.05, 4.69) is 5.32 Å². The average Bonchev–Trinajstić information content (AvgIpc) is 2.44. The fraction of sp³-hybridized carbons (Fsp3) is 0.429. The summed E-state index contributed by atoms with van der Waals surface area (Å²) in [6.45, 7) is 1.74. The molecule has 0 saturated carbocycles. The summed E-state index contributed by atoms with van der Waals surface area (Å²) in [4.78, 5) is 24.9. The lowest BCUT2D eigenvalue weighted by atomic mass is 10.1. The van der Waals surface area contributed by atoms with Crippen molar-refractivity contribution in [3.8, 4) is 0 Å². The van der Waals surface area contributed by atoms with Crippen LogP contribution in [0, 0.1) is 0 Å². The topological polar surface area (TPSA) is 49.4 Å². The number of likely N-dealkylation sites (N-methyl/N-ethyl adjacent to an activating group) is 1. The van der Waals surface area contributed by atoms with Crippen LogP contribution in [0.2, 0.25) is 0 Å². The summed E-state index contributed by atoms with van der Waals surface area (Å²) in [5.41, 5.74) is -1.23. The third kappa shape index (κ3) is 5.25. The summed E-state index contributed by atoms with van der Waals surface area (Å²) in [7, 11) is 0. The lowest BCUT2D eigenvalue weighted by Gasteiger charge is -2.20. The molecule has 0 aliphatic carbocycles. The van der Waals surface area contributed by atoms with E-state index < -0.39 is 17.6 Å². The van der Waals surface area contributed by atoms with Crippen molar-refractivity contribution in [1.29, 1.82) is 0 Å². The molecule has 0 aromatic heterocycles. The lowest BCUT2D eigenvalue weighted by Crippen LogP contribution is -2.39. The number of anilines is 1. The molecule has 1 N–H and O–H groups in total. The smallest absolute Gasteiger partial charge is 0.333 e. The Morgan fingerprint density at radius 2 is 1.91 bits per heavy atom. The van der Waals surface area contributed by atoms with E-state index in [-0.39, 0.29) is 23.9 Å². The molecule has 0 saturated heterocycles. The van der Waals surface area contributed by atoms with Crippen molar-refractivity contribution in [1.82, 2.24) is 4.90 Å². The van der Waals surface area contributed by atoms with Crippen molar-refractivity contribution in [2.75, 3.05) is 30.4 Å². The minimum absolute atomic E-state index is 0.222. The number of halogens is 3. The number of nitrogens with one attached hydrogen (secondary N) is 1. The van der Waals surface area contributed by atoms with Gasteiger partial charge in [-0.15, -0.1) is 0 Å². The third-order valence-electron chi connectivity index (χ3n) is 2.84. The first-order valence-corrected chi connectivity index (χ1v) is 7.91. The highest BCUT2D eigenvalue weighted by molar-refractivity contribution is 7.99. The highest BCUT2D eigenvalue weighted by Gasteiger charge is 2.33. The van der Waals surface area contributed by atoms with Gasteiger partial charge < -0.3 is 10.2 Å². The molecule has 0 bridgehead atoms. The summed E-state index contributed by atoms with van der Waals surface area (Å²) < 4.78 is 38.5. The van der Waals surface area contributed by atoms with E-state index in [4.69, 9.17) is 0 Å². The number of alkyl halides is 3. The van der Waals surface area contributed by atoms with Gasteiger partial charge in [0.05, 0.1) is 23.5 Å². The first kappa shape index (κ1) is 18.3. The van der Waals surface area contributed by atoms with E-state index in [1.165, 1.54) is 34.9 Å². The van der Waals surface area contributed by atoms with Gasteiger partial charge in [-0.1, -0.05) is 12.1 Å². The molecule has 1 rings (SSSR count). The van der Waals surface area contributed by atoms with Crippen LogP contribution in [0.3, 0.4) is 0 Å². The number of rotatable bonds is 6. The maximum Gasteiger partial charge on any atom is 0.418 e. The average molecular weight is 334 g/mol. The van der Waals surface area contributed by atoms with Gasteiger partial charge in [0.2, 0.25) is 11.8 Å². The van der Waals surface area contributed by atoms with Crippen LogP contribution >= 0.6 is 11.8 Å². The van der Waals surface area contributed by atoms with Crippen molar-refractivity contribution in [3.05, 3.63) is 29.8 Å². The van der Waals surface area contributed by atoms with Crippen LogP contribution in [0.15, 0.2) is 24.3 Å². The molecule has 2 amide bonds. The Kier molecular flexibility index (Phi) is 6.73. The van der Waals surface area contributed by atoms with Crippen molar-refractivity contribution < 1.29 is 22.8 Å². The van der Waals surface area contributed by atoms with Gasteiger partial charge in [0.15, 0.2) is 0 Å². The third-order valence-corrected chi connectivity index (χ3v) is 3.38. The maximum absolute atomic E-state index is 12.8. The number of benzene rings is 1. The molecule has 122 valence electrons. The Bertz CT molecular complexity index is 535. The minimum atomic E-state index is -4.55. The molecule has 0 aliphatic heterocycles. The van der Waals surface area contributed by atoms with Gasteiger partial charge in [-0.05, 0) is 25.3 Å². The monoisotopic (exact) mass is 334 g/mol. The van der Waals surface area contributed by atoms with Crippen LogP contribution in [-0.2, 0) is 15.8 Å². The Balaban J connectivity index is 2.79. The fourth-order valence-corrected chi connectivity index (χ4v) is 2.22. The van der Waals surface area contributed by atoms with Crippen LogP contribution in [-0.4, -0.2) is 41.8 Å². The largest absolute Gasteiger partial charge is 0.418 e. The maximum atomic E-state index is 12.8. The van der Waals surface area contributed by atoms with Crippen LogP contribution in [0.4, 0.5) is 18.9 Å². The standard InChI is InChI=1S/C14H17F3N2O2S/c1-3-19(13(21)9-22-2)8-12(20)18-11-7-5-4-6-10(11)14(15,16)17/h4-7H,3,8-9H2,1-2H3,(H,18,20). The zero-order chi connectivity index (χ0) is 16.8. The molecule has 0 aliphatic rings. The summed E-state index contributed by atoms with van der Waals surface area (Å²) in [5, 5.41) is 2.22. The second kappa shape index (κ2) is 8.07. The predicted molar refractivity (Wildman–Crippen MR) is 80.7 cm³/mol. The summed E-state index contributed by atoms with van der Waals surface area (Å²) in [6, 6.07) is 4.73. The molecule has 1 aromatic rings. The molecule has 0 heterocycles. The van der Waals surface area contributed by atoms with Crippen molar-refractivity contribution in [2.45, 2.75) is 13.1 Å². The van der Waals surface area contributed by atoms with E-state index in [0.717, 1.165) is 6.07 Å². The quantitative estimate of drug-likeness (QED) is 0.870. The number of thioether (sulfide) groups is 1. The molecule has 0 atom stereocenters. The van der Waals surface area contributed by atoms with Crippen LogP contribution in [0.5, 0.6) is 0 Å². The highest BCUT2D eigenvalue weighted by Crippen LogP contribution is 2.34. The van der Waals surface area contributed by atoms with E-state index >= 15 is 0 Å². The highest BCUT2D eigenvalue weighted by atomic mass is 32.2. The van der Waals surface area contributed by atoms with Crippen LogP contribution in [0.25, 0.3) is 0 Å². The molecule has 0 radical (unpaired) electrons. The Morgan fingerprint density at radius 3 is 2.45 bits per heavy atom. The van der Waals surface area contributed by atoms with E-state index in [0.29, 0.717) is 6.54 Å². The zero-order valence-electron chi connectivity index (χ0n) is 12.2. The second-order valence-electron chi connectivity index (χ2n) is 4.43. The van der Waals surface area contributed by atoms with Gasteiger partial charge in [-0.2, -0.15) is 24.9 Å².